The fourth-order valence-electron chi connectivity index (χ4n) is 4.21. The maximum absolute atomic E-state index is 13.9. The third kappa shape index (κ3) is 7.20. The monoisotopic (exact) mass is 507 g/mol. The Hall–Kier alpha value is -3.65. The fraction of sp³-hybridized carbons (Fsp3) is 0.414. The predicted octanol–water partition coefficient (Wildman–Crippen LogP) is 4.58. The number of anilines is 1. The van der Waals surface area contributed by atoms with Gasteiger partial charge in [-0.05, 0) is 75.8 Å². The van der Waals surface area contributed by atoms with Gasteiger partial charge < -0.3 is 25.4 Å². The summed E-state index contributed by atoms with van der Waals surface area (Å²) < 4.78 is 5.29. The van der Waals surface area contributed by atoms with E-state index in [1.807, 2.05) is 43.3 Å². The van der Waals surface area contributed by atoms with E-state index in [-0.39, 0.29) is 11.9 Å². The summed E-state index contributed by atoms with van der Waals surface area (Å²) in [5.74, 6) is -0.934. The molecule has 3 amide bonds. The standard InChI is InChI=1S/C29H37N3O5/c1-6-20-12-9-13-21(17-20)25(26(34)30-23-16-8-7-11-19(23)2)32(22-14-10-15-22)27(35)24(18-33)31-28(36)37-29(3,4)5/h6-9,11-13,16-17,22,24-25,33H,1,10,14-15,18H2,2-5H3,(H,30,34)(H,31,36). The topological polar surface area (TPSA) is 108 Å². The molecular weight excluding hydrogens is 470 g/mol. The summed E-state index contributed by atoms with van der Waals surface area (Å²) in [5, 5.41) is 15.5. The molecule has 8 nitrogen and oxygen atoms in total. The number of amides is 3. The number of nitrogens with one attached hydrogen (secondary N) is 2. The van der Waals surface area contributed by atoms with Crippen LogP contribution in [0.3, 0.4) is 0 Å². The molecule has 3 rings (SSSR count). The van der Waals surface area contributed by atoms with Gasteiger partial charge in [0.15, 0.2) is 0 Å². The molecule has 2 aromatic carbocycles. The zero-order valence-corrected chi connectivity index (χ0v) is 22.0. The van der Waals surface area contributed by atoms with Gasteiger partial charge >= 0.3 is 6.09 Å². The van der Waals surface area contributed by atoms with Gasteiger partial charge in [-0.2, -0.15) is 0 Å². The van der Waals surface area contributed by atoms with Crippen LogP contribution in [0.4, 0.5) is 10.5 Å². The number of aliphatic hydroxyl groups excluding tert-OH is 1. The average molecular weight is 508 g/mol. The van der Waals surface area contributed by atoms with E-state index in [2.05, 4.69) is 17.2 Å². The van der Waals surface area contributed by atoms with E-state index in [0.29, 0.717) is 24.1 Å². The van der Waals surface area contributed by atoms with Crippen molar-refractivity contribution in [2.24, 2.45) is 0 Å². The Labute approximate surface area is 218 Å². The fourth-order valence-corrected chi connectivity index (χ4v) is 4.21. The summed E-state index contributed by atoms with van der Waals surface area (Å²) in [6.45, 7) is 10.2. The lowest BCUT2D eigenvalue weighted by Gasteiger charge is -2.43. The van der Waals surface area contributed by atoms with Crippen molar-refractivity contribution in [3.05, 3.63) is 71.8 Å². The molecule has 1 fully saturated rings. The molecule has 1 aliphatic rings. The number of benzene rings is 2. The first-order valence-electron chi connectivity index (χ1n) is 12.6. The van der Waals surface area contributed by atoms with Gasteiger partial charge in [0.05, 0.1) is 6.61 Å². The van der Waals surface area contributed by atoms with Crippen molar-refractivity contribution in [3.63, 3.8) is 0 Å². The lowest BCUT2D eigenvalue weighted by atomic mass is 9.88. The molecule has 0 bridgehead atoms. The molecule has 1 aliphatic carbocycles. The minimum absolute atomic E-state index is 0.220. The van der Waals surface area contributed by atoms with Gasteiger partial charge in [0.25, 0.3) is 5.91 Å². The van der Waals surface area contributed by atoms with Gasteiger partial charge in [0.2, 0.25) is 5.91 Å². The largest absolute Gasteiger partial charge is 0.444 e. The molecule has 37 heavy (non-hydrogen) atoms. The molecule has 198 valence electrons. The number of aryl methyl sites for hydroxylation is 1. The molecular formula is C29H37N3O5. The molecule has 1 saturated carbocycles. The summed E-state index contributed by atoms with van der Waals surface area (Å²) in [5.41, 5.74) is 2.16. The Morgan fingerprint density at radius 1 is 1.16 bits per heavy atom. The van der Waals surface area contributed by atoms with E-state index < -0.39 is 36.3 Å². The van der Waals surface area contributed by atoms with Crippen molar-refractivity contribution in [2.75, 3.05) is 11.9 Å². The summed E-state index contributed by atoms with van der Waals surface area (Å²) in [6.07, 6.45) is 3.20. The van der Waals surface area contributed by atoms with Crippen LogP contribution in [0.1, 0.15) is 62.8 Å². The molecule has 2 unspecified atom stereocenters. The van der Waals surface area contributed by atoms with Crippen LogP contribution in [0.25, 0.3) is 6.08 Å². The Kier molecular flexibility index (Phi) is 9.10. The highest BCUT2D eigenvalue weighted by atomic mass is 16.6. The van der Waals surface area contributed by atoms with Crippen LogP contribution in [-0.2, 0) is 14.3 Å². The van der Waals surface area contributed by atoms with Crippen molar-refractivity contribution in [1.82, 2.24) is 10.2 Å². The minimum atomic E-state index is -1.27. The Balaban J connectivity index is 2.01. The lowest BCUT2D eigenvalue weighted by Crippen LogP contribution is -2.58. The molecule has 0 aliphatic heterocycles. The smallest absolute Gasteiger partial charge is 0.408 e. The molecule has 0 heterocycles. The van der Waals surface area contributed by atoms with Crippen molar-refractivity contribution >= 4 is 29.7 Å². The number of rotatable bonds is 9. The third-order valence-corrected chi connectivity index (χ3v) is 6.29. The zero-order chi connectivity index (χ0) is 27.2. The quantitative estimate of drug-likeness (QED) is 0.460. The minimum Gasteiger partial charge on any atom is -0.444 e. The van der Waals surface area contributed by atoms with Crippen LogP contribution in [-0.4, -0.2) is 52.2 Å². The highest BCUT2D eigenvalue weighted by molar-refractivity contribution is 5.99. The van der Waals surface area contributed by atoms with Crippen LogP contribution in [0, 0.1) is 6.92 Å². The second-order valence-corrected chi connectivity index (χ2v) is 10.3. The van der Waals surface area contributed by atoms with Gasteiger partial charge in [0, 0.05) is 11.7 Å². The first-order valence-corrected chi connectivity index (χ1v) is 12.6. The van der Waals surface area contributed by atoms with Crippen LogP contribution >= 0.6 is 0 Å². The van der Waals surface area contributed by atoms with E-state index >= 15 is 0 Å². The molecule has 0 radical (unpaired) electrons. The van der Waals surface area contributed by atoms with Crippen molar-refractivity contribution in [3.8, 4) is 0 Å². The third-order valence-electron chi connectivity index (χ3n) is 6.29. The lowest BCUT2D eigenvalue weighted by molar-refractivity contribution is -0.146. The number of nitrogens with zero attached hydrogens (tertiary/aromatic N) is 1. The maximum Gasteiger partial charge on any atom is 0.408 e. The van der Waals surface area contributed by atoms with Crippen molar-refractivity contribution in [2.45, 2.75) is 70.7 Å². The predicted molar refractivity (Wildman–Crippen MR) is 144 cm³/mol. The van der Waals surface area contributed by atoms with Crippen LogP contribution in [0.5, 0.6) is 0 Å². The number of hydrogen-bond acceptors (Lipinski definition) is 5. The highest BCUT2D eigenvalue weighted by Crippen LogP contribution is 2.35. The van der Waals surface area contributed by atoms with Gasteiger partial charge in [-0.1, -0.05) is 49.1 Å². The zero-order valence-electron chi connectivity index (χ0n) is 22.0. The first-order chi connectivity index (χ1) is 17.5. The van der Waals surface area contributed by atoms with E-state index in [1.54, 1.807) is 39.0 Å². The number of carbonyl (C=O) groups excluding carboxylic acids is 3. The summed E-state index contributed by atoms with van der Waals surface area (Å²) >= 11 is 0. The number of para-hydroxylation sites is 1. The van der Waals surface area contributed by atoms with Crippen molar-refractivity contribution < 1.29 is 24.2 Å². The SMILES string of the molecule is C=Cc1cccc(C(C(=O)Nc2ccccc2C)N(C(=O)C(CO)NC(=O)OC(C)(C)C)C2CCC2)c1. The summed E-state index contributed by atoms with van der Waals surface area (Å²) in [6, 6.07) is 12.2. The number of ether oxygens (including phenoxy) is 1. The van der Waals surface area contributed by atoms with Gasteiger partial charge in [-0.3, -0.25) is 9.59 Å². The number of hydrogen-bond donors (Lipinski definition) is 3. The molecule has 2 aromatic rings. The van der Waals surface area contributed by atoms with Gasteiger partial charge in [0.1, 0.15) is 17.7 Å². The molecule has 2 atom stereocenters. The summed E-state index contributed by atoms with van der Waals surface area (Å²) in [4.78, 5) is 41.7. The number of aliphatic hydroxyl groups is 1. The van der Waals surface area contributed by atoms with Crippen molar-refractivity contribution in [1.29, 1.82) is 0 Å². The van der Waals surface area contributed by atoms with Crippen LogP contribution < -0.4 is 10.6 Å². The second kappa shape index (κ2) is 12.1. The van der Waals surface area contributed by atoms with Crippen LogP contribution in [0.2, 0.25) is 0 Å². The van der Waals surface area contributed by atoms with Gasteiger partial charge in [-0.25, -0.2) is 4.79 Å². The first kappa shape index (κ1) is 27.9. The van der Waals surface area contributed by atoms with Crippen LogP contribution in [0.15, 0.2) is 55.1 Å². The van der Waals surface area contributed by atoms with E-state index in [4.69, 9.17) is 4.74 Å². The van der Waals surface area contributed by atoms with E-state index in [9.17, 15) is 19.5 Å². The summed E-state index contributed by atoms with van der Waals surface area (Å²) in [7, 11) is 0. The molecule has 3 N–H and O–H groups in total. The van der Waals surface area contributed by atoms with E-state index in [1.165, 1.54) is 4.90 Å². The Morgan fingerprint density at radius 3 is 2.43 bits per heavy atom. The molecule has 0 saturated heterocycles. The average Bonchev–Trinajstić information content (AvgIpc) is 2.81. The second-order valence-electron chi connectivity index (χ2n) is 10.3. The molecule has 0 spiro atoms. The van der Waals surface area contributed by atoms with E-state index in [0.717, 1.165) is 17.5 Å². The number of alkyl carbamates (subject to hydrolysis) is 1. The van der Waals surface area contributed by atoms with Gasteiger partial charge in [-0.15, -0.1) is 0 Å². The Morgan fingerprint density at radius 2 is 1.86 bits per heavy atom. The highest BCUT2D eigenvalue weighted by Gasteiger charge is 2.42. The normalized spacial score (nSPS) is 15.1. The molecule has 0 aromatic heterocycles. The molecule has 8 heteroatoms. The maximum atomic E-state index is 13.9. The Bertz CT molecular complexity index is 1140. The number of carbonyl (C=O) groups is 3.